The van der Waals surface area contributed by atoms with E-state index in [0.29, 0.717) is 18.0 Å². The molecule has 3 aromatic rings. The van der Waals surface area contributed by atoms with Crippen LogP contribution in [0.5, 0.6) is 0 Å². The lowest BCUT2D eigenvalue weighted by molar-refractivity contribution is 0.0353. The Kier molecular flexibility index (Phi) is 4.50. The number of halogens is 1. The lowest BCUT2D eigenvalue weighted by Crippen LogP contribution is -2.40. The highest BCUT2D eigenvalue weighted by atomic mass is 32.1. The van der Waals surface area contributed by atoms with E-state index in [1.807, 2.05) is 17.9 Å². The number of rotatable bonds is 3. The van der Waals surface area contributed by atoms with E-state index in [9.17, 15) is 9.18 Å². The molecule has 1 saturated heterocycles. The van der Waals surface area contributed by atoms with Crippen molar-refractivity contribution in [2.45, 2.75) is 25.9 Å². The molecule has 4 rings (SSSR count). The molecule has 7 heteroatoms. The number of methoxy groups -OCH3 is 1. The fraction of sp³-hybridized carbons (Fsp3) is 0.368. The highest BCUT2D eigenvalue weighted by Gasteiger charge is 2.25. The fourth-order valence-corrected chi connectivity index (χ4v) is 4.51. The smallest absolute Gasteiger partial charge is 0.264 e. The fourth-order valence-electron chi connectivity index (χ4n) is 3.36. The summed E-state index contributed by atoms with van der Waals surface area (Å²) < 4.78 is 20.4. The SMILES string of the molecule is COC1CCN(C(=O)c2cc3c(C)nn(-c4ccc(F)cc4)c3s2)CC1. The van der Waals surface area contributed by atoms with Gasteiger partial charge in [-0.2, -0.15) is 5.10 Å². The number of likely N-dealkylation sites (tertiary alicyclic amines) is 1. The summed E-state index contributed by atoms with van der Waals surface area (Å²) in [5, 5.41) is 5.51. The Morgan fingerprint density at radius 3 is 2.62 bits per heavy atom. The quantitative estimate of drug-likeness (QED) is 0.702. The Morgan fingerprint density at radius 1 is 1.27 bits per heavy atom. The standard InChI is InChI=1S/C19H20FN3O2S/c1-12-16-11-17(18(24)22-9-7-15(25-2)8-10-22)26-19(16)23(21-12)14-5-3-13(20)4-6-14/h3-6,11,15H,7-10H2,1-2H3. The lowest BCUT2D eigenvalue weighted by Gasteiger charge is -2.30. The van der Waals surface area contributed by atoms with Gasteiger partial charge < -0.3 is 9.64 Å². The predicted molar refractivity (Wildman–Crippen MR) is 99.6 cm³/mol. The molecule has 0 aliphatic carbocycles. The van der Waals surface area contributed by atoms with Crippen molar-refractivity contribution in [3.8, 4) is 5.69 Å². The highest BCUT2D eigenvalue weighted by Crippen LogP contribution is 2.31. The second-order valence-corrected chi connectivity index (χ2v) is 7.56. The Labute approximate surface area is 155 Å². The van der Waals surface area contributed by atoms with Gasteiger partial charge in [-0.3, -0.25) is 4.79 Å². The number of piperidine rings is 1. The van der Waals surface area contributed by atoms with Crippen LogP contribution in [-0.2, 0) is 4.74 Å². The normalized spacial score (nSPS) is 15.7. The van der Waals surface area contributed by atoms with Crippen LogP contribution in [0.2, 0.25) is 0 Å². The van der Waals surface area contributed by atoms with E-state index in [4.69, 9.17) is 4.74 Å². The van der Waals surface area contributed by atoms with Crippen molar-refractivity contribution < 1.29 is 13.9 Å². The maximum absolute atomic E-state index is 13.2. The van der Waals surface area contributed by atoms with E-state index in [2.05, 4.69) is 5.10 Å². The van der Waals surface area contributed by atoms with Crippen LogP contribution >= 0.6 is 11.3 Å². The molecule has 0 radical (unpaired) electrons. The maximum atomic E-state index is 13.2. The van der Waals surface area contributed by atoms with Crippen LogP contribution in [-0.4, -0.2) is 46.9 Å². The van der Waals surface area contributed by atoms with Gasteiger partial charge in [-0.25, -0.2) is 9.07 Å². The number of fused-ring (bicyclic) bond motifs is 1. The Balaban J connectivity index is 1.65. The highest BCUT2D eigenvalue weighted by molar-refractivity contribution is 7.20. The number of nitrogens with zero attached hydrogens (tertiary/aromatic N) is 3. The first-order chi connectivity index (χ1) is 12.6. The van der Waals surface area contributed by atoms with Crippen LogP contribution in [0.1, 0.15) is 28.2 Å². The monoisotopic (exact) mass is 373 g/mol. The number of carbonyl (C=O) groups excluding carboxylic acids is 1. The van der Waals surface area contributed by atoms with Crippen molar-refractivity contribution in [2.75, 3.05) is 20.2 Å². The third-order valence-corrected chi connectivity index (χ3v) is 5.99. The van der Waals surface area contributed by atoms with Gasteiger partial charge in [0.15, 0.2) is 0 Å². The molecule has 2 aromatic heterocycles. The summed E-state index contributed by atoms with van der Waals surface area (Å²) in [5.41, 5.74) is 1.64. The van der Waals surface area contributed by atoms with Gasteiger partial charge >= 0.3 is 0 Å². The van der Waals surface area contributed by atoms with Crippen molar-refractivity contribution >= 4 is 27.5 Å². The van der Waals surface area contributed by atoms with Gasteiger partial charge in [0.2, 0.25) is 0 Å². The first-order valence-corrected chi connectivity index (χ1v) is 9.45. The third kappa shape index (κ3) is 3.01. The lowest BCUT2D eigenvalue weighted by atomic mass is 10.1. The minimum atomic E-state index is -0.282. The molecule has 0 saturated carbocycles. The number of amides is 1. The van der Waals surface area contributed by atoms with Crippen molar-refractivity contribution in [1.82, 2.24) is 14.7 Å². The zero-order valence-electron chi connectivity index (χ0n) is 14.7. The van der Waals surface area contributed by atoms with E-state index in [1.54, 1.807) is 23.9 Å². The van der Waals surface area contributed by atoms with E-state index in [-0.39, 0.29) is 17.8 Å². The van der Waals surface area contributed by atoms with Gasteiger partial charge in [-0.15, -0.1) is 11.3 Å². The zero-order chi connectivity index (χ0) is 18.3. The molecule has 0 unspecified atom stereocenters. The van der Waals surface area contributed by atoms with Gasteiger partial charge in [0.05, 0.1) is 22.4 Å². The molecule has 1 amide bonds. The van der Waals surface area contributed by atoms with Crippen molar-refractivity contribution in [3.05, 3.63) is 46.7 Å². The van der Waals surface area contributed by atoms with Crippen molar-refractivity contribution in [3.63, 3.8) is 0 Å². The number of ether oxygens (including phenoxy) is 1. The van der Waals surface area contributed by atoms with Crippen LogP contribution < -0.4 is 0 Å². The molecule has 0 N–H and O–H groups in total. The van der Waals surface area contributed by atoms with E-state index < -0.39 is 0 Å². The van der Waals surface area contributed by atoms with Gasteiger partial charge in [-0.1, -0.05) is 0 Å². The average Bonchev–Trinajstić information content (AvgIpc) is 3.23. The molecule has 1 aliphatic rings. The van der Waals surface area contributed by atoms with Crippen LogP contribution in [0.15, 0.2) is 30.3 Å². The molecule has 0 atom stereocenters. The number of thiophene rings is 1. The molecule has 0 bridgehead atoms. The zero-order valence-corrected chi connectivity index (χ0v) is 15.6. The Morgan fingerprint density at radius 2 is 1.96 bits per heavy atom. The largest absolute Gasteiger partial charge is 0.381 e. The molecular formula is C19H20FN3O2S. The summed E-state index contributed by atoms with van der Waals surface area (Å²) in [6, 6.07) is 8.14. The number of aromatic nitrogens is 2. The molecule has 5 nitrogen and oxygen atoms in total. The number of hydrogen-bond acceptors (Lipinski definition) is 4. The summed E-state index contributed by atoms with van der Waals surface area (Å²) in [4.78, 5) is 16.4. The van der Waals surface area contributed by atoms with Crippen molar-refractivity contribution in [1.29, 1.82) is 0 Å². The van der Waals surface area contributed by atoms with Crippen LogP contribution in [0.4, 0.5) is 4.39 Å². The van der Waals surface area contributed by atoms with Crippen LogP contribution in [0, 0.1) is 12.7 Å². The minimum Gasteiger partial charge on any atom is -0.381 e. The Bertz CT molecular complexity index is 940. The first kappa shape index (κ1) is 17.2. The maximum Gasteiger partial charge on any atom is 0.264 e. The molecule has 26 heavy (non-hydrogen) atoms. The molecule has 3 heterocycles. The van der Waals surface area contributed by atoms with E-state index in [0.717, 1.165) is 34.4 Å². The van der Waals surface area contributed by atoms with Crippen molar-refractivity contribution in [2.24, 2.45) is 0 Å². The second-order valence-electron chi connectivity index (χ2n) is 6.53. The minimum absolute atomic E-state index is 0.0609. The van der Waals surface area contributed by atoms with E-state index >= 15 is 0 Å². The number of hydrogen-bond donors (Lipinski definition) is 0. The van der Waals surface area contributed by atoms with Crippen LogP contribution in [0.3, 0.4) is 0 Å². The molecule has 1 fully saturated rings. The summed E-state index contributed by atoms with van der Waals surface area (Å²) >= 11 is 1.44. The number of benzene rings is 1. The molecule has 1 aliphatic heterocycles. The molecule has 0 spiro atoms. The Hall–Kier alpha value is -2.25. The van der Waals surface area contributed by atoms with E-state index in [1.165, 1.54) is 23.5 Å². The summed E-state index contributed by atoms with van der Waals surface area (Å²) in [6.07, 6.45) is 1.99. The van der Waals surface area contributed by atoms with Gasteiger partial charge in [0.1, 0.15) is 10.6 Å². The second kappa shape index (κ2) is 6.81. The van der Waals surface area contributed by atoms with Gasteiger partial charge in [-0.05, 0) is 50.1 Å². The summed E-state index contributed by atoms with van der Waals surface area (Å²) in [7, 11) is 1.72. The summed E-state index contributed by atoms with van der Waals surface area (Å²) in [5.74, 6) is -0.221. The van der Waals surface area contributed by atoms with Crippen LogP contribution in [0.25, 0.3) is 15.9 Å². The average molecular weight is 373 g/mol. The third-order valence-electron chi connectivity index (χ3n) is 4.89. The predicted octanol–water partition coefficient (Wildman–Crippen LogP) is 3.79. The number of aryl methyl sites for hydroxylation is 1. The summed E-state index contributed by atoms with van der Waals surface area (Å²) in [6.45, 7) is 3.36. The molecule has 1 aromatic carbocycles. The van der Waals surface area contributed by atoms with Gasteiger partial charge in [0, 0.05) is 25.6 Å². The van der Waals surface area contributed by atoms with Gasteiger partial charge in [0.25, 0.3) is 5.91 Å². The first-order valence-electron chi connectivity index (χ1n) is 8.64. The number of carbonyl (C=O) groups is 1. The molecular weight excluding hydrogens is 353 g/mol. The molecule has 136 valence electrons. The topological polar surface area (TPSA) is 47.4 Å².